The fourth-order valence-electron chi connectivity index (χ4n) is 4.19. The molecule has 0 spiro atoms. The van der Waals surface area contributed by atoms with E-state index in [-0.39, 0.29) is 0 Å². The molecule has 3 aromatic carbocycles. The fourth-order valence-corrected chi connectivity index (χ4v) is 4.19. The summed E-state index contributed by atoms with van der Waals surface area (Å²) in [6.45, 7) is 7.31. The second-order valence-electron chi connectivity index (χ2n) is 9.70. The number of benzene rings is 3. The van der Waals surface area contributed by atoms with Crippen LogP contribution in [0.4, 0.5) is 0 Å². The van der Waals surface area contributed by atoms with E-state index in [2.05, 4.69) is 93.6 Å². The number of hydrogen-bond donors (Lipinski definition) is 0. The van der Waals surface area contributed by atoms with Crippen LogP contribution in [0.2, 0.25) is 0 Å². The smallest absolute Gasteiger partial charge is 0.122 e. The molecule has 3 aromatic rings. The van der Waals surface area contributed by atoms with E-state index in [1.54, 1.807) is 0 Å². The van der Waals surface area contributed by atoms with Gasteiger partial charge in [0.15, 0.2) is 0 Å². The predicted octanol–water partition coefficient (Wildman–Crippen LogP) is 10.3. The van der Waals surface area contributed by atoms with Crippen LogP contribution in [0, 0.1) is 6.92 Å². The highest BCUT2D eigenvalue weighted by Crippen LogP contribution is 2.22. The summed E-state index contributed by atoms with van der Waals surface area (Å²) >= 11 is 0. The third-order valence-corrected chi connectivity index (χ3v) is 6.45. The highest BCUT2D eigenvalue weighted by Gasteiger charge is 2.03. The zero-order valence-corrected chi connectivity index (χ0v) is 22.6. The standard InChI is InChI=1S/C21H28O.C13H20/c1-2-3-4-5-6-10-15-20-16-11-12-17-21(20)22-18-19-13-8-7-9-14-19;1-3-4-5-6-7-13-10-8-12(2)9-11-13/h7-9,11-14,16-17H,2-6,10,15,18H2,1H3;8-11H,3-7H2,1-2H3. The summed E-state index contributed by atoms with van der Waals surface area (Å²) in [5.74, 6) is 1.04. The van der Waals surface area contributed by atoms with Crippen molar-refractivity contribution in [1.82, 2.24) is 0 Å². The number of ether oxygens (including phenoxy) is 1. The zero-order valence-electron chi connectivity index (χ0n) is 22.6. The molecule has 0 fully saturated rings. The van der Waals surface area contributed by atoms with Gasteiger partial charge in [0.25, 0.3) is 0 Å². The third kappa shape index (κ3) is 13.2. The minimum absolute atomic E-state index is 0.647. The molecule has 0 atom stereocenters. The minimum atomic E-state index is 0.647. The summed E-state index contributed by atoms with van der Waals surface area (Å²) in [6, 6.07) is 27.7. The van der Waals surface area contributed by atoms with E-state index >= 15 is 0 Å². The molecule has 1 nitrogen and oxygen atoms in total. The summed E-state index contributed by atoms with van der Waals surface area (Å²) in [5.41, 5.74) is 5.41. The lowest BCUT2D eigenvalue weighted by atomic mass is 10.0. The Bertz CT molecular complexity index is 882. The Kier molecular flexibility index (Phi) is 15.4. The van der Waals surface area contributed by atoms with Crippen LogP contribution in [-0.2, 0) is 19.4 Å². The average Bonchev–Trinajstić information content (AvgIpc) is 2.90. The van der Waals surface area contributed by atoms with Crippen molar-refractivity contribution in [1.29, 1.82) is 0 Å². The lowest BCUT2D eigenvalue weighted by molar-refractivity contribution is 0.302. The van der Waals surface area contributed by atoms with Crippen LogP contribution in [0.15, 0.2) is 78.9 Å². The van der Waals surface area contributed by atoms with Gasteiger partial charge in [0.05, 0.1) is 0 Å². The molecule has 0 saturated carbocycles. The second kappa shape index (κ2) is 18.7. The zero-order chi connectivity index (χ0) is 25.0. The normalized spacial score (nSPS) is 10.5. The molecule has 0 heterocycles. The lowest BCUT2D eigenvalue weighted by Gasteiger charge is -2.11. The quantitative estimate of drug-likeness (QED) is 0.200. The van der Waals surface area contributed by atoms with Crippen molar-refractivity contribution in [3.05, 3.63) is 101 Å². The van der Waals surface area contributed by atoms with Crippen LogP contribution in [0.25, 0.3) is 0 Å². The van der Waals surface area contributed by atoms with E-state index in [9.17, 15) is 0 Å². The molecule has 0 aliphatic rings. The maximum Gasteiger partial charge on any atom is 0.122 e. The SMILES string of the molecule is CCCCCCCCc1ccccc1OCc1ccccc1.CCCCCCc1ccc(C)cc1. The first-order valence-corrected chi connectivity index (χ1v) is 14.0. The number of para-hydroxylation sites is 1. The lowest BCUT2D eigenvalue weighted by Crippen LogP contribution is -1.98. The fraction of sp³-hybridized carbons (Fsp3) is 0.471. The van der Waals surface area contributed by atoms with E-state index in [4.69, 9.17) is 4.74 Å². The summed E-state index contributed by atoms with van der Waals surface area (Å²) in [6.07, 6.45) is 15.8. The van der Waals surface area contributed by atoms with Crippen LogP contribution in [0.3, 0.4) is 0 Å². The average molecular weight is 473 g/mol. The van der Waals surface area contributed by atoms with Crippen molar-refractivity contribution < 1.29 is 4.74 Å². The first-order valence-electron chi connectivity index (χ1n) is 14.0. The summed E-state index contributed by atoms with van der Waals surface area (Å²) in [4.78, 5) is 0. The largest absolute Gasteiger partial charge is 0.489 e. The van der Waals surface area contributed by atoms with Gasteiger partial charge in [0, 0.05) is 0 Å². The number of rotatable bonds is 15. The van der Waals surface area contributed by atoms with Crippen molar-refractivity contribution >= 4 is 0 Å². The maximum absolute atomic E-state index is 6.02. The summed E-state index contributed by atoms with van der Waals surface area (Å²) in [7, 11) is 0. The van der Waals surface area contributed by atoms with Gasteiger partial charge in [-0.25, -0.2) is 0 Å². The van der Waals surface area contributed by atoms with Gasteiger partial charge in [-0.05, 0) is 55.4 Å². The van der Waals surface area contributed by atoms with Crippen molar-refractivity contribution in [3.63, 3.8) is 0 Å². The van der Waals surface area contributed by atoms with Gasteiger partial charge < -0.3 is 4.74 Å². The first-order chi connectivity index (χ1) is 17.2. The summed E-state index contributed by atoms with van der Waals surface area (Å²) < 4.78 is 6.02. The molecule has 0 unspecified atom stereocenters. The molecule has 35 heavy (non-hydrogen) atoms. The molecule has 0 radical (unpaired) electrons. The van der Waals surface area contributed by atoms with E-state index in [1.165, 1.54) is 92.9 Å². The molecule has 0 aliphatic heterocycles. The van der Waals surface area contributed by atoms with Crippen molar-refractivity contribution in [2.75, 3.05) is 0 Å². The monoisotopic (exact) mass is 472 g/mol. The Morgan fingerprint density at radius 1 is 0.514 bits per heavy atom. The van der Waals surface area contributed by atoms with Gasteiger partial charge >= 0.3 is 0 Å². The first kappa shape index (κ1) is 28.7. The predicted molar refractivity (Wildman–Crippen MR) is 153 cm³/mol. The topological polar surface area (TPSA) is 9.23 Å². The molecular weight excluding hydrogens is 424 g/mol. The van der Waals surface area contributed by atoms with E-state index in [0.717, 1.165) is 12.2 Å². The Morgan fingerprint density at radius 2 is 1.09 bits per heavy atom. The molecule has 0 bridgehead atoms. The van der Waals surface area contributed by atoms with Crippen LogP contribution >= 0.6 is 0 Å². The van der Waals surface area contributed by atoms with Crippen LogP contribution in [0.1, 0.15) is 100 Å². The highest BCUT2D eigenvalue weighted by atomic mass is 16.5. The van der Waals surface area contributed by atoms with Gasteiger partial charge in [-0.2, -0.15) is 0 Å². The van der Waals surface area contributed by atoms with Crippen LogP contribution < -0.4 is 4.74 Å². The number of aryl methyl sites for hydroxylation is 3. The molecule has 0 saturated heterocycles. The van der Waals surface area contributed by atoms with Crippen LogP contribution in [0.5, 0.6) is 5.75 Å². The molecule has 0 amide bonds. The second-order valence-corrected chi connectivity index (χ2v) is 9.70. The van der Waals surface area contributed by atoms with E-state index < -0.39 is 0 Å². The minimum Gasteiger partial charge on any atom is -0.489 e. The molecular formula is C34H48O. The van der Waals surface area contributed by atoms with Gasteiger partial charge in [-0.15, -0.1) is 0 Å². The molecule has 3 rings (SSSR count). The number of hydrogen-bond acceptors (Lipinski definition) is 1. The Morgan fingerprint density at radius 3 is 1.80 bits per heavy atom. The van der Waals surface area contributed by atoms with Crippen molar-refractivity contribution in [2.24, 2.45) is 0 Å². The van der Waals surface area contributed by atoms with Gasteiger partial charge in [0.2, 0.25) is 0 Å². The summed E-state index contributed by atoms with van der Waals surface area (Å²) in [5, 5.41) is 0. The van der Waals surface area contributed by atoms with Gasteiger partial charge in [-0.3, -0.25) is 0 Å². The molecule has 0 aromatic heterocycles. The number of unbranched alkanes of at least 4 members (excludes halogenated alkanes) is 8. The molecule has 1 heteroatoms. The Labute approximate surface area is 216 Å². The van der Waals surface area contributed by atoms with Crippen molar-refractivity contribution in [3.8, 4) is 5.75 Å². The van der Waals surface area contributed by atoms with Crippen molar-refractivity contribution in [2.45, 2.75) is 104 Å². The van der Waals surface area contributed by atoms with E-state index in [0.29, 0.717) is 6.61 Å². The van der Waals surface area contributed by atoms with Crippen LogP contribution in [-0.4, -0.2) is 0 Å². The highest BCUT2D eigenvalue weighted by molar-refractivity contribution is 5.33. The Hall–Kier alpha value is -2.54. The molecule has 190 valence electrons. The Balaban J connectivity index is 0.000000283. The molecule has 0 aliphatic carbocycles. The van der Waals surface area contributed by atoms with Gasteiger partial charge in [-0.1, -0.05) is 144 Å². The van der Waals surface area contributed by atoms with Gasteiger partial charge in [0.1, 0.15) is 12.4 Å². The third-order valence-electron chi connectivity index (χ3n) is 6.45. The van der Waals surface area contributed by atoms with E-state index in [1.807, 2.05) is 6.07 Å². The maximum atomic E-state index is 6.02. The molecule has 0 N–H and O–H groups in total.